The molecule has 1 aliphatic heterocycles. The van der Waals surface area contributed by atoms with E-state index in [4.69, 9.17) is 33.2 Å². The fourth-order valence-corrected chi connectivity index (χ4v) is 3.51. The van der Waals surface area contributed by atoms with Crippen LogP contribution >= 0.6 is 24.0 Å². The van der Waals surface area contributed by atoms with Crippen molar-refractivity contribution in [2.24, 2.45) is 0 Å². The van der Waals surface area contributed by atoms with Gasteiger partial charge in [-0.3, -0.25) is 9.69 Å². The molecular formula is C17H15NO5S2. The molecule has 1 aromatic carbocycles. The number of thiocarbonyl (C=S) groups is 1. The van der Waals surface area contributed by atoms with E-state index in [0.29, 0.717) is 22.0 Å². The van der Waals surface area contributed by atoms with Gasteiger partial charge < -0.3 is 14.6 Å². The zero-order chi connectivity index (χ0) is 18.6. The van der Waals surface area contributed by atoms with Crippen LogP contribution in [0.1, 0.15) is 12.5 Å². The van der Waals surface area contributed by atoms with Gasteiger partial charge in [-0.2, -0.15) is 0 Å². The van der Waals surface area contributed by atoms with Crippen LogP contribution in [0.2, 0.25) is 0 Å². The van der Waals surface area contributed by atoms with E-state index in [-0.39, 0.29) is 10.9 Å². The van der Waals surface area contributed by atoms with Gasteiger partial charge >= 0.3 is 5.97 Å². The molecule has 6 nitrogen and oxygen atoms in total. The maximum absolute atomic E-state index is 12.4. The molecule has 1 N–H and O–H groups in total. The van der Waals surface area contributed by atoms with Gasteiger partial charge in [0.05, 0.1) is 12.0 Å². The largest absolute Gasteiger partial charge is 0.493 e. The molecular weight excluding hydrogens is 362 g/mol. The summed E-state index contributed by atoms with van der Waals surface area (Å²) in [4.78, 5) is 25.0. The standard InChI is InChI=1S/C17H15NO5S2/c1-4-7-23-12-6-5-11(8-13(12)22-3)9-14-15(19)18(17(24)25-14)10(2)16(20)21/h1,5-6,8-10H,7H2,2-3H3,(H,20,21)/b14-9+/t10-/m0/s1. The molecule has 1 heterocycles. The third kappa shape index (κ3) is 4.13. The van der Waals surface area contributed by atoms with Crippen LogP contribution in [0.4, 0.5) is 0 Å². The first kappa shape index (κ1) is 18.8. The fourth-order valence-electron chi connectivity index (χ4n) is 2.09. The van der Waals surface area contributed by atoms with Crippen LogP contribution in [-0.2, 0) is 9.59 Å². The van der Waals surface area contributed by atoms with Crippen molar-refractivity contribution in [3.8, 4) is 23.8 Å². The first-order chi connectivity index (χ1) is 11.9. The van der Waals surface area contributed by atoms with Crippen molar-refractivity contribution in [1.29, 1.82) is 0 Å². The Morgan fingerprint density at radius 1 is 1.52 bits per heavy atom. The highest BCUT2D eigenvalue weighted by Crippen LogP contribution is 2.35. The summed E-state index contributed by atoms with van der Waals surface area (Å²) in [7, 11) is 1.50. The second-order valence-electron chi connectivity index (χ2n) is 4.97. The van der Waals surface area contributed by atoms with Crippen molar-refractivity contribution in [2.75, 3.05) is 13.7 Å². The van der Waals surface area contributed by atoms with E-state index >= 15 is 0 Å². The summed E-state index contributed by atoms with van der Waals surface area (Å²) >= 11 is 6.18. The molecule has 0 radical (unpaired) electrons. The number of rotatable bonds is 6. The molecule has 25 heavy (non-hydrogen) atoms. The van der Waals surface area contributed by atoms with Crippen LogP contribution in [0.15, 0.2) is 23.1 Å². The number of carbonyl (C=O) groups excluding carboxylic acids is 1. The molecule has 1 saturated heterocycles. The van der Waals surface area contributed by atoms with Crippen molar-refractivity contribution in [3.63, 3.8) is 0 Å². The normalized spacial score (nSPS) is 16.7. The molecule has 2 rings (SSSR count). The lowest BCUT2D eigenvalue weighted by molar-refractivity contribution is -0.144. The molecule has 130 valence electrons. The zero-order valence-electron chi connectivity index (χ0n) is 13.5. The SMILES string of the molecule is C#CCOc1ccc(/C=C2/SC(=S)N([C@@H](C)C(=O)O)C2=O)cc1OC. The number of carbonyl (C=O) groups is 2. The molecule has 0 saturated carbocycles. The van der Waals surface area contributed by atoms with Crippen LogP contribution in [0.3, 0.4) is 0 Å². The molecule has 1 aliphatic rings. The zero-order valence-corrected chi connectivity index (χ0v) is 15.1. The number of ether oxygens (including phenoxy) is 2. The lowest BCUT2D eigenvalue weighted by Gasteiger charge is -2.18. The van der Waals surface area contributed by atoms with Gasteiger partial charge in [0.15, 0.2) is 11.5 Å². The second-order valence-corrected chi connectivity index (χ2v) is 6.64. The smallest absolute Gasteiger partial charge is 0.326 e. The topological polar surface area (TPSA) is 76.1 Å². The third-order valence-electron chi connectivity index (χ3n) is 3.36. The average Bonchev–Trinajstić information content (AvgIpc) is 2.86. The Bertz CT molecular complexity index is 797. The van der Waals surface area contributed by atoms with Gasteiger partial charge in [-0.1, -0.05) is 36.0 Å². The van der Waals surface area contributed by atoms with E-state index in [1.165, 1.54) is 14.0 Å². The van der Waals surface area contributed by atoms with E-state index in [2.05, 4.69) is 5.92 Å². The average molecular weight is 377 g/mol. The Labute approximate surface area is 154 Å². The van der Waals surface area contributed by atoms with E-state index in [0.717, 1.165) is 16.7 Å². The fraction of sp³-hybridized carbons (Fsp3) is 0.235. The summed E-state index contributed by atoms with van der Waals surface area (Å²) in [6.07, 6.45) is 6.80. The van der Waals surface area contributed by atoms with Crippen LogP contribution in [0.25, 0.3) is 6.08 Å². The van der Waals surface area contributed by atoms with E-state index in [9.17, 15) is 9.59 Å². The number of hydrogen-bond acceptors (Lipinski definition) is 6. The number of thioether (sulfide) groups is 1. The van der Waals surface area contributed by atoms with E-state index in [1.54, 1.807) is 24.3 Å². The molecule has 1 fully saturated rings. The minimum Gasteiger partial charge on any atom is -0.493 e. The minimum atomic E-state index is -1.12. The maximum atomic E-state index is 12.4. The molecule has 1 amide bonds. The minimum absolute atomic E-state index is 0.113. The molecule has 0 aliphatic carbocycles. The summed E-state index contributed by atoms with van der Waals surface area (Å²) in [5.74, 6) is 1.78. The molecule has 0 bridgehead atoms. The Balaban J connectivity index is 2.29. The highest BCUT2D eigenvalue weighted by molar-refractivity contribution is 8.26. The Hall–Kier alpha value is -2.50. The van der Waals surface area contributed by atoms with Gasteiger partial charge in [-0.15, -0.1) is 6.42 Å². The molecule has 0 aromatic heterocycles. The van der Waals surface area contributed by atoms with Crippen molar-refractivity contribution in [2.45, 2.75) is 13.0 Å². The van der Waals surface area contributed by atoms with Crippen LogP contribution < -0.4 is 9.47 Å². The highest BCUT2D eigenvalue weighted by Gasteiger charge is 2.38. The van der Waals surface area contributed by atoms with Crippen LogP contribution in [0, 0.1) is 12.3 Å². The van der Waals surface area contributed by atoms with Crippen LogP contribution in [-0.4, -0.2) is 46.0 Å². The number of amides is 1. The van der Waals surface area contributed by atoms with E-state index < -0.39 is 17.9 Å². The number of methoxy groups -OCH3 is 1. The monoisotopic (exact) mass is 377 g/mol. The summed E-state index contributed by atoms with van der Waals surface area (Å²) in [5, 5.41) is 9.10. The first-order valence-electron chi connectivity index (χ1n) is 7.13. The highest BCUT2D eigenvalue weighted by atomic mass is 32.2. The van der Waals surface area contributed by atoms with Gasteiger partial charge in [0, 0.05) is 0 Å². The quantitative estimate of drug-likeness (QED) is 0.463. The second kappa shape index (κ2) is 8.05. The number of terminal acetylenes is 1. The Kier molecular flexibility index (Phi) is 6.07. The Morgan fingerprint density at radius 3 is 2.84 bits per heavy atom. The predicted molar refractivity (Wildman–Crippen MR) is 99.4 cm³/mol. The predicted octanol–water partition coefficient (Wildman–Crippen LogP) is 2.38. The van der Waals surface area contributed by atoms with Gasteiger partial charge in [0.1, 0.15) is 17.0 Å². The van der Waals surface area contributed by atoms with Gasteiger partial charge in [-0.05, 0) is 30.7 Å². The Morgan fingerprint density at radius 2 is 2.24 bits per heavy atom. The number of aliphatic carboxylic acids is 1. The summed E-state index contributed by atoms with van der Waals surface area (Å²) in [6, 6.07) is 4.09. The number of hydrogen-bond donors (Lipinski definition) is 1. The van der Waals surface area contributed by atoms with Crippen molar-refractivity contribution in [3.05, 3.63) is 28.7 Å². The number of carboxylic acid groups (broad SMARTS) is 1. The summed E-state index contributed by atoms with van der Waals surface area (Å²) in [6.45, 7) is 1.53. The third-order valence-corrected chi connectivity index (χ3v) is 4.70. The lowest BCUT2D eigenvalue weighted by Crippen LogP contribution is -2.41. The maximum Gasteiger partial charge on any atom is 0.326 e. The lowest BCUT2D eigenvalue weighted by atomic mass is 10.1. The van der Waals surface area contributed by atoms with Crippen molar-refractivity contribution >= 4 is 46.3 Å². The number of nitrogens with zero attached hydrogens (tertiary/aromatic N) is 1. The van der Waals surface area contributed by atoms with Crippen molar-refractivity contribution < 1.29 is 24.2 Å². The van der Waals surface area contributed by atoms with Crippen LogP contribution in [0.5, 0.6) is 11.5 Å². The summed E-state index contributed by atoms with van der Waals surface area (Å²) < 4.78 is 10.8. The van der Waals surface area contributed by atoms with Gasteiger partial charge in [0.25, 0.3) is 5.91 Å². The number of benzene rings is 1. The van der Waals surface area contributed by atoms with Gasteiger partial charge in [0.2, 0.25) is 0 Å². The van der Waals surface area contributed by atoms with Gasteiger partial charge in [-0.25, -0.2) is 4.79 Å². The number of carboxylic acids is 1. The first-order valence-corrected chi connectivity index (χ1v) is 8.35. The molecule has 1 atom stereocenters. The molecule has 0 unspecified atom stereocenters. The van der Waals surface area contributed by atoms with E-state index in [1.807, 2.05) is 0 Å². The molecule has 0 spiro atoms. The molecule has 1 aromatic rings. The molecule has 8 heteroatoms. The van der Waals surface area contributed by atoms with Crippen molar-refractivity contribution in [1.82, 2.24) is 4.90 Å². The summed E-state index contributed by atoms with van der Waals surface area (Å²) in [5.41, 5.74) is 0.688.